The van der Waals surface area contributed by atoms with Crippen LogP contribution in [0.4, 0.5) is 5.88 Å². The van der Waals surface area contributed by atoms with Crippen molar-refractivity contribution in [2.45, 2.75) is 13.8 Å². The summed E-state index contributed by atoms with van der Waals surface area (Å²) in [5, 5.41) is 11.9. The molecule has 5 heteroatoms. The van der Waals surface area contributed by atoms with Crippen LogP contribution in [0.1, 0.15) is 16.7 Å². The van der Waals surface area contributed by atoms with Gasteiger partial charge in [-0.1, -0.05) is 42.5 Å². The van der Waals surface area contributed by atoms with Crippen LogP contribution >= 0.6 is 0 Å². The third-order valence-corrected chi connectivity index (χ3v) is 4.08. The number of hydrogen-bond acceptors (Lipinski definition) is 4. The Morgan fingerprint density at radius 2 is 1.92 bits per heavy atom. The van der Waals surface area contributed by atoms with Crippen LogP contribution in [0.25, 0.3) is 11.3 Å². The Balaban J connectivity index is 1.70. The monoisotopic (exact) mass is 346 g/mol. The Hall–Kier alpha value is -3.52. The van der Waals surface area contributed by atoms with Gasteiger partial charge in [0, 0.05) is 11.6 Å². The number of benzene rings is 2. The van der Waals surface area contributed by atoms with Gasteiger partial charge in [0.05, 0.1) is 0 Å². The molecule has 3 rings (SSSR count). The van der Waals surface area contributed by atoms with Gasteiger partial charge in [-0.2, -0.15) is 5.26 Å². The van der Waals surface area contributed by atoms with Gasteiger partial charge < -0.3 is 9.15 Å². The molecule has 0 bridgehead atoms. The van der Waals surface area contributed by atoms with E-state index in [-0.39, 0.29) is 18.1 Å². The summed E-state index contributed by atoms with van der Waals surface area (Å²) in [6.07, 6.45) is 0. The van der Waals surface area contributed by atoms with Crippen molar-refractivity contribution in [3.8, 4) is 23.1 Å². The van der Waals surface area contributed by atoms with Crippen molar-refractivity contribution in [1.29, 1.82) is 5.26 Å². The lowest BCUT2D eigenvalue weighted by Gasteiger charge is -2.10. The molecule has 0 aliphatic rings. The molecular weight excluding hydrogens is 328 g/mol. The molecule has 130 valence electrons. The number of rotatable bonds is 5. The zero-order valence-corrected chi connectivity index (χ0v) is 14.6. The molecule has 3 aromatic rings. The first-order chi connectivity index (χ1) is 12.6. The predicted molar refractivity (Wildman–Crippen MR) is 98.9 cm³/mol. The van der Waals surface area contributed by atoms with Crippen molar-refractivity contribution < 1.29 is 13.9 Å². The van der Waals surface area contributed by atoms with Crippen LogP contribution in [0.3, 0.4) is 0 Å². The van der Waals surface area contributed by atoms with Crippen molar-refractivity contribution >= 4 is 11.8 Å². The number of furan rings is 1. The second kappa shape index (κ2) is 7.58. The maximum absolute atomic E-state index is 12.2. The van der Waals surface area contributed by atoms with Crippen LogP contribution in [0.5, 0.6) is 5.75 Å². The van der Waals surface area contributed by atoms with Gasteiger partial charge >= 0.3 is 0 Å². The Labute approximate surface area is 151 Å². The molecule has 0 aliphatic heterocycles. The first-order valence-corrected chi connectivity index (χ1v) is 8.16. The first-order valence-electron chi connectivity index (χ1n) is 8.16. The van der Waals surface area contributed by atoms with Crippen molar-refractivity contribution in [2.24, 2.45) is 0 Å². The van der Waals surface area contributed by atoms with Gasteiger partial charge in [0.1, 0.15) is 23.1 Å². The third-order valence-electron chi connectivity index (χ3n) is 4.08. The Bertz CT molecular complexity index is 969. The van der Waals surface area contributed by atoms with Crippen molar-refractivity contribution in [2.75, 3.05) is 11.9 Å². The van der Waals surface area contributed by atoms with E-state index in [0.717, 1.165) is 16.7 Å². The second-order valence-electron chi connectivity index (χ2n) is 5.87. The summed E-state index contributed by atoms with van der Waals surface area (Å²) in [5.74, 6) is 0.912. The molecule has 0 unspecified atom stereocenters. The van der Waals surface area contributed by atoms with Crippen LogP contribution < -0.4 is 10.1 Å². The van der Waals surface area contributed by atoms with E-state index in [0.29, 0.717) is 11.5 Å². The Kier molecular flexibility index (Phi) is 5.04. The number of nitriles is 1. The predicted octanol–water partition coefficient (Wildman–Crippen LogP) is 4.45. The smallest absolute Gasteiger partial charge is 0.264 e. The molecule has 5 nitrogen and oxygen atoms in total. The number of carbonyl (C=O) groups excluding carboxylic acids is 1. The van der Waals surface area contributed by atoms with Gasteiger partial charge in [-0.15, -0.1) is 0 Å². The normalized spacial score (nSPS) is 10.2. The van der Waals surface area contributed by atoms with Crippen molar-refractivity contribution in [1.82, 2.24) is 0 Å². The number of amides is 1. The van der Waals surface area contributed by atoms with Gasteiger partial charge in [0.15, 0.2) is 6.61 Å². The highest BCUT2D eigenvalue weighted by molar-refractivity contribution is 5.92. The third kappa shape index (κ3) is 3.76. The van der Waals surface area contributed by atoms with E-state index in [4.69, 9.17) is 9.15 Å². The quantitative estimate of drug-likeness (QED) is 0.740. The average molecular weight is 346 g/mol. The largest absolute Gasteiger partial charge is 0.483 e. The molecule has 1 amide bonds. The zero-order chi connectivity index (χ0) is 18.5. The first kappa shape index (κ1) is 17.3. The molecule has 2 aromatic carbocycles. The summed E-state index contributed by atoms with van der Waals surface area (Å²) in [7, 11) is 0. The minimum atomic E-state index is -0.392. The molecule has 0 spiro atoms. The lowest BCUT2D eigenvalue weighted by molar-refractivity contribution is -0.118. The number of nitrogens with zero attached hydrogens (tertiary/aromatic N) is 1. The summed E-state index contributed by atoms with van der Waals surface area (Å²) in [6, 6.07) is 18.7. The second-order valence-corrected chi connectivity index (χ2v) is 5.87. The van der Waals surface area contributed by atoms with Crippen LogP contribution in [-0.2, 0) is 4.79 Å². The molecule has 0 saturated carbocycles. The van der Waals surface area contributed by atoms with Gasteiger partial charge in [0.25, 0.3) is 5.91 Å². The molecule has 1 heterocycles. The van der Waals surface area contributed by atoms with Crippen molar-refractivity contribution in [3.63, 3.8) is 0 Å². The van der Waals surface area contributed by atoms with Crippen LogP contribution in [0.2, 0.25) is 0 Å². The van der Waals surface area contributed by atoms with E-state index in [2.05, 4.69) is 5.32 Å². The SMILES string of the molecule is Cc1cccc(OCC(=O)Nc2oc(-c3ccccc3)cc2C#N)c1C. The lowest BCUT2D eigenvalue weighted by atomic mass is 10.1. The van der Waals surface area contributed by atoms with E-state index >= 15 is 0 Å². The van der Waals surface area contributed by atoms with Gasteiger partial charge in [0.2, 0.25) is 5.88 Å². The maximum Gasteiger partial charge on any atom is 0.264 e. The molecule has 0 radical (unpaired) electrons. The van der Waals surface area contributed by atoms with Crippen molar-refractivity contribution in [3.05, 3.63) is 71.3 Å². The minimum absolute atomic E-state index is 0.126. The highest BCUT2D eigenvalue weighted by Crippen LogP contribution is 2.28. The van der Waals surface area contributed by atoms with Gasteiger partial charge in [-0.25, -0.2) is 0 Å². The number of carbonyl (C=O) groups is 1. The lowest BCUT2D eigenvalue weighted by Crippen LogP contribution is -2.20. The summed E-state index contributed by atoms with van der Waals surface area (Å²) in [4.78, 5) is 12.2. The highest BCUT2D eigenvalue weighted by atomic mass is 16.5. The summed E-state index contributed by atoms with van der Waals surface area (Å²) < 4.78 is 11.2. The van der Waals surface area contributed by atoms with Gasteiger partial charge in [-0.3, -0.25) is 10.1 Å². The Morgan fingerprint density at radius 1 is 1.15 bits per heavy atom. The topological polar surface area (TPSA) is 75.3 Å². The molecule has 1 N–H and O–H groups in total. The summed E-state index contributed by atoms with van der Waals surface area (Å²) in [6.45, 7) is 3.75. The van der Waals surface area contributed by atoms with E-state index < -0.39 is 5.91 Å². The fourth-order valence-corrected chi connectivity index (χ4v) is 2.50. The van der Waals surface area contributed by atoms with Gasteiger partial charge in [-0.05, 0) is 31.0 Å². The summed E-state index contributed by atoms with van der Waals surface area (Å²) in [5.41, 5.74) is 3.18. The average Bonchev–Trinajstić information content (AvgIpc) is 3.06. The molecule has 0 saturated heterocycles. The van der Waals surface area contributed by atoms with Crippen LogP contribution in [0, 0.1) is 25.2 Å². The molecular formula is C21H18N2O3. The molecule has 1 aromatic heterocycles. The minimum Gasteiger partial charge on any atom is -0.483 e. The maximum atomic E-state index is 12.2. The Morgan fingerprint density at radius 3 is 2.65 bits per heavy atom. The highest BCUT2D eigenvalue weighted by Gasteiger charge is 2.15. The van der Waals surface area contributed by atoms with E-state index in [1.54, 1.807) is 6.07 Å². The molecule has 0 fully saturated rings. The summed E-state index contributed by atoms with van der Waals surface area (Å²) >= 11 is 0. The number of aryl methyl sites for hydroxylation is 1. The number of nitrogens with one attached hydrogen (secondary N) is 1. The fourth-order valence-electron chi connectivity index (χ4n) is 2.50. The van der Waals surface area contributed by atoms with E-state index in [1.165, 1.54) is 0 Å². The van der Waals surface area contributed by atoms with E-state index in [1.807, 2.05) is 68.4 Å². The number of ether oxygens (including phenoxy) is 1. The number of anilines is 1. The number of hydrogen-bond donors (Lipinski definition) is 1. The zero-order valence-electron chi connectivity index (χ0n) is 14.6. The molecule has 26 heavy (non-hydrogen) atoms. The molecule has 0 atom stereocenters. The van der Waals surface area contributed by atoms with Crippen LogP contribution in [0.15, 0.2) is 59.0 Å². The van der Waals surface area contributed by atoms with E-state index in [9.17, 15) is 10.1 Å². The van der Waals surface area contributed by atoms with Crippen LogP contribution in [-0.4, -0.2) is 12.5 Å². The fraction of sp³-hybridized carbons (Fsp3) is 0.143. The molecule has 0 aliphatic carbocycles. The standard InChI is InChI=1S/C21H18N2O3/c1-14-7-6-10-18(15(14)2)25-13-20(24)23-21-17(12-22)11-19(26-21)16-8-4-3-5-9-16/h3-11H,13H2,1-2H3,(H,23,24).